The van der Waals surface area contributed by atoms with Crippen molar-refractivity contribution < 1.29 is 14.7 Å². The molecule has 0 aliphatic carbocycles. The molecule has 0 radical (unpaired) electrons. The van der Waals surface area contributed by atoms with Gasteiger partial charge in [0.15, 0.2) is 0 Å². The maximum Gasteiger partial charge on any atom is 0.282 e. The van der Waals surface area contributed by atoms with Crippen LogP contribution in [0.5, 0.6) is 0 Å². The van der Waals surface area contributed by atoms with E-state index in [9.17, 15) is 14.7 Å². The molecule has 168 valence electrons. The maximum absolute atomic E-state index is 13.7. The number of likely N-dealkylation sites (tertiary alicyclic amines) is 1. The first-order valence-corrected chi connectivity index (χ1v) is 11.2. The Balaban J connectivity index is 1.80. The molecule has 2 aliphatic rings. The topological polar surface area (TPSA) is 64.1 Å². The van der Waals surface area contributed by atoms with Crippen molar-refractivity contribution in [2.75, 3.05) is 43.6 Å². The summed E-state index contributed by atoms with van der Waals surface area (Å²) in [6.45, 7) is 5.41. The Labute approximate surface area is 189 Å². The molecular formula is C26H31N3O3. The smallest absolute Gasteiger partial charge is 0.282 e. The molecule has 1 atom stereocenters. The lowest BCUT2D eigenvalue weighted by Crippen LogP contribution is -2.40. The molecule has 1 fully saturated rings. The standard InChI is InChI=1S/C26H31N3O3/c1-17-7-8-20(14-18(17)2)23-24(28-13-5-6-19(15-28)16-30)26(32)29(25(23)31)22-11-9-21(10-12-22)27(3)4/h7-12,14,19,30H,5-6,13,15-16H2,1-4H3. The van der Waals surface area contributed by atoms with Gasteiger partial charge in [-0.15, -0.1) is 0 Å². The largest absolute Gasteiger partial charge is 0.396 e. The number of hydrogen-bond acceptors (Lipinski definition) is 5. The number of nitrogens with zero attached hydrogens (tertiary/aromatic N) is 3. The molecule has 6 heteroatoms. The van der Waals surface area contributed by atoms with E-state index in [-0.39, 0.29) is 24.3 Å². The number of carbonyl (C=O) groups excluding carboxylic acids is 2. The van der Waals surface area contributed by atoms with Gasteiger partial charge in [-0.05, 0) is 73.6 Å². The van der Waals surface area contributed by atoms with Gasteiger partial charge in [0.1, 0.15) is 5.70 Å². The number of anilines is 2. The van der Waals surface area contributed by atoms with E-state index in [1.165, 1.54) is 4.90 Å². The lowest BCUT2D eigenvalue weighted by Gasteiger charge is -2.34. The number of hydrogen-bond donors (Lipinski definition) is 1. The van der Waals surface area contributed by atoms with Gasteiger partial charge in [-0.2, -0.15) is 0 Å². The molecule has 2 amide bonds. The second-order valence-electron chi connectivity index (χ2n) is 9.02. The van der Waals surface area contributed by atoms with Crippen molar-refractivity contribution in [3.05, 3.63) is 64.9 Å². The van der Waals surface area contributed by atoms with Gasteiger partial charge in [0.2, 0.25) is 0 Å². The van der Waals surface area contributed by atoms with Crippen LogP contribution < -0.4 is 9.80 Å². The zero-order valence-corrected chi connectivity index (χ0v) is 19.3. The third kappa shape index (κ3) is 3.91. The second-order valence-corrected chi connectivity index (χ2v) is 9.02. The summed E-state index contributed by atoms with van der Waals surface area (Å²) in [4.78, 5) is 32.7. The van der Waals surface area contributed by atoms with Crippen LogP contribution in [0.2, 0.25) is 0 Å². The molecule has 1 unspecified atom stereocenters. The monoisotopic (exact) mass is 433 g/mol. The summed E-state index contributed by atoms with van der Waals surface area (Å²) in [6.07, 6.45) is 1.81. The summed E-state index contributed by atoms with van der Waals surface area (Å²) in [6, 6.07) is 13.4. The average molecular weight is 434 g/mol. The van der Waals surface area contributed by atoms with Crippen LogP contribution in [-0.4, -0.2) is 55.6 Å². The first-order valence-electron chi connectivity index (χ1n) is 11.2. The van der Waals surface area contributed by atoms with Crippen LogP contribution >= 0.6 is 0 Å². The first kappa shape index (κ1) is 22.1. The number of aliphatic hydroxyl groups excluding tert-OH is 1. The van der Waals surface area contributed by atoms with Gasteiger partial charge in [-0.25, -0.2) is 4.90 Å². The van der Waals surface area contributed by atoms with Crippen LogP contribution in [0.3, 0.4) is 0 Å². The van der Waals surface area contributed by atoms with E-state index in [2.05, 4.69) is 0 Å². The Morgan fingerprint density at radius 1 is 1.00 bits per heavy atom. The minimum Gasteiger partial charge on any atom is -0.396 e. The van der Waals surface area contributed by atoms with Crippen molar-refractivity contribution in [1.29, 1.82) is 0 Å². The average Bonchev–Trinajstić information content (AvgIpc) is 3.05. The summed E-state index contributed by atoms with van der Waals surface area (Å²) in [5, 5.41) is 9.71. The van der Waals surface area contributed by atoms with Gasteiger partial charge < -0.3 is 14.9 Å². The molecule has 2 aromatic carbocycles. The van der Waals surface area contributed by atoms with Crippen LogP contribution in [-0.2, 0) is 9.59 Å². The zero-order valence-electron chi connectivity index (χ0n) is 19.3. The number of rotatable bonds is 5. The van der Waals surface area contributed by atoms with Crippen LogP contribution in [0.25, 0.3) is 5.57 Å². The summed E-state index contributed by atoms with van der Waals surface area (Å²) in [5.41, 5.74) is 5.45. The van der Waals surface area contributed by atoms with Crippen molar-refractivity contribution >= 4 is 28.8 Å². The van der Waals surface area contributed by atoms with Crippen molar-refractivity contribution in [2.24, 2.45) is 5.92 Å². The van der Waals surface area contributed by atoms with Crippen LogP contribution in [0, 0.1) is 19.8 Å². The highest BCUT2D eigenvalue weighted by Crippen LogP contribution is 2.37. The SMILES string of the molecule is Cc1ccc(C2=C(N3CCCC(CO)C3)C(=O)N(c3ccc(N(C)C)cc3)C2=O)cc1C. The van der Waals surface area contributed by atoms with Crippen LogP contribution in [0.15, 0.2) is 48.2 Å². The molecule has 6 nitrogen and oxygen atoms in total. The minimum atomic E-state index is -0.294. The van der Waals surface area contributed by atoms with Gasteiger partial charge in [-0.3, -0.25) is 9.59 Å². The fraction of sp³-hybridized carbons (Fsp3) is 0.385. The zero-order chi connectivity index (χ0) is 23.0. The van der Waals surface area contributed by atoms with E-state index < -0.39 is 0 Å². The molecule has 0 spiro atoms. The lowest BCUT2D eigenvalue weighted by atomic mass is 9.96. The number of aliphatic hydroxyl groups is 1. The minimum absolute atomic E-state index is 0.0839. The Morgan fingerprint density at radius 3 is 2.34 bits per heavy atom. The Hall–Kier alpha value is -3.12. The summed E-state index contributed by atoms with van der Waals surface area (Å²) in [7, 11) is 3.90. The number of piperidine rings is 1. The third-order valence-corrected chi connectivity index (χ3v) is 6.57. The number of carbonyl (C=O) groups is 2. The number of imide groups is 1. The molecule has 0 aromatic heterocycles. The molecule has 1 N–H and O–H groups in total. The molecule has 2 aliphatic heterocycles. The molecule has 4 rings (SSSR count). The molecule has 0 bridgehead atoms. The summed E-state index contributed by atoms with van der Waals surface area (Å²) < 4.78 is 0. The predicted octanol–water partition coefficient (Wildman–Crippen LogP) is 3.36. The maximum atomic E-state index is 13.7. The van der Waals surface area contributed by atoms with Gasteiger partial charge in [0.05, 0.1) is 11.3 Å². The van der Waals surface area contributed by atoms with Crippen molar-refractivity contribution in [2.45, 2.75) is 26.7 Å². The lowest BCUT2D eigenvalue weighted by molar-refractivity contribution is -0.120. The number of amides is 2. The Bertz CT molecular complexity index is 1070. The molecule has 0 saturated carbocycles. The van der Waals surface area contributed by atoms with Gasteiger partial charge in [0, 0.05) is 39.5 Å². The third-order valence-electron chi connectivity index (χ3n) is 6.57. The summed E-state index contributed by atoms with van der Waals surface area (Å²) >= 11 is 0. The second kappa shape index (κ2) is 8.79. The fourth-order valence-corrected chi connectivity index (χ4v) is 4.52. The molecule has 2 heterocycles. The number of aryl methyl sites for hydroxylation is 2. The number of benzene rings is 2. The summed E-state index contributed by atoms with van der Waals surface area (Å²) in [5.74, 6) is -0.482. The predicted molar refractivity (Wildman–Crippen MR) is 127 cm³/mol. The van der Waals surface area contributed by atoms with Crippen molar-refractivity contribution in [3.8, 4) is 0 Å². The highest BCUT2D eigenvalue weighted by Gasteiger charge is 2.43. The van der Waals surface area contributed by atoms with E-state index in [1.807, 2.05) is 80.2 Å². The molecule has 2 aromatic rings. The quantitative estimate of drug-likeness (QED) is 0.733. The molecule has 32 heavy (non-hydrogen) atoms. The first-order chi connectivity index (χ1) is 15.3. The Morgan fingerprint density at radius 2 is 1.72 bits per heavy atom. The van der Waals surface area contributed by atoms with Gasteiger partial charge in [0.25, 0.3) is 11.8 Å². The Kier molecular flexibility index (Phi) is 6.07. The van der Waals surface area contributed by atoms with Crippen molar-refractivity contribution in [1.82, 2.24) is 4.90 Å². The van der Waals surface area contributed by atoms with E-state index >= 15 is 0 Å². The highest BCUT2D eigenvalue weighted by atomic mass is 16.3. The van der Waals surface area contributed by atoms with Crippen LogP contribution in [0.1, 0.15) is 29.5 Å². The van der Waals surface area contributed by atoms with Gasteiger partial charge >= 0.3 is 0 Å². The van der Waals surface area contributed by atoms with E-state index in [0.29, 0.717) is 30.0 Å². The highest BCUT2D eigenvalue weighted by molar-refractivity contribution is 6.45. The van der Waals surface area contributed by atoms with E-state index in [0.717, 1.165) is 35.2 Å². The van der Waals surface area contributed by atoms with E-state index in [1.54, 1.807) is 0 Å². The van der Waals surface area contributed by atoms with Gasteiger partial charge in [-0.1, -0.05) is 18.2 Å². The van der Waals surface area contributed by atoms with E-state index in [4.69, 9.17) is 0 Å². The normalized spacial score (nSPS) is 19.2. The van der Waals surface area contributed by atoms with Crippen molar-refractivity contribution in [3.63, 3.8) is 0 Å². The van der Waals surface area contributed by atoms with Crippen LogP contribution in [0.4, 0.5) is 11.4 Å². The fourth-order valence-electron chi connectivity index (χ4n) is 4.52. The molecular weight excluding hydrogens is 402 g/mol. The molecule has 1 saturated heterocycles.